The first-order chi connectivity index (χ1) is 13.6. The number of amides is 2. The number of ether oxygens (including phenoxy) is 1. The van der Waals surface area contributed by atoms with E-state index in [1.165, 1.54) is 4.90 Å². The molecule has 1 aromatic carbocycles. The van der Waals surface area contributed by atoms with Gasteiger partial charge >= 0.3 is 0 Å². The molecule has 3 rings (SSSR count). The van der Waals surface area contributed by atoms with Crippen molar-refractivity contribution in [1.29, 1.82) is 0 Å². The maximum atomic E-state index is 12.7. The van der Waals surface area contributed by atoms with Crippen molar-refractivity contribution in [3.8, 4) is 0 Å². The Hall–Kier alpha value is -2.90. The molecule has 148 valence electrons. The second-order valence-electron chi connectivity index (χ2n) is 6.69. The quantitative estimate of drug-likeness (QED) is 0.603. The van der Waals surface area contributed by atoms with Crippen LogP contribution in [0.1, 0.15) is 21.9 Å². The SMILES string of the molecule is Cc1ccc(/C=C(\NC(=O)c2ccccc2)C(=O)NCC[NH+]2CCOCC2)o1. The molecule has 1 fully saturated rings. The van der Waals surface area contributed by atoms with Crippen LogP contribution in [0.3, 0.4) is 0 Å². The van der Waals surface area contributed by atoms with Crippen LogP contribution < -0.4 is 15.5 Å². The Morgan fingerprint density at radius 1 is 1.11 bits per heavy atom. The van der Waals surface area contributed by atoms with Gasteiger partial charge in [-0.25, -0.2) is 0 Å². The molecular weight excluding hydrogens is 358 g/mol. The van der Waals surface area contributed by atoms with Crippen molar-refractivity contribution in [3.05, 3.63) is 65.2 Å². The molecule has 1 aliphatic rings. The lowest BCUT2D eigenvalue weighted by Crippen LogP contribution is -3.14. The maximum absolute atomic E-state index is 12.7. The summed E-state index contributed by atoms with van der Waals surface area (Å²) in [6, 6.07) is 12.4. The number of benzene rings is 1. The Bertz CT molecular complexity index is 823. The molecule has 0 spiro atoms. The number of carbonyl (C=O) groups is 2. The predicted octanol–water partition coefficient (Wildman–Crippen LogP) is 0.390. The number of rotatable bonds is 7. The minimum Gasteiger partial charge on any atom is -0.462 e. The van der Waals surface area contributed by atoms with Crippen LogP contribution in [-0.4, -0.2) is 51.2 Å². The lowest BCUT2D eigenvalue weighted by Gasteiger charge is -2.23. The summed E-state index contributed by atoms with van der Waals surface area (Å²) in [6.07, 6.45) is 1.55. The van der Waals surface area contributed by atoms with E-state index in [0.717, 1.165) is 38.6 Å². The van der Waals surface area contributed by atoms with Gasteiger partial charge in [-0.05, 0) is 31.2 Å². The van der Waals surface area contributed by atoms with E-state index < -0.39 is 0 Å². The Morgan fingerprint density at radius 3 is 2.54 bits per heavy atom. The van der Waals surface area contributed by atoms with Gasteiger partial charge in [0.2, 0.25) is 0 Å². The van der Waals surface area contributed by atoms with Crippen LogP contribution in [0, 0.1) is 6.92 Å². The standard InChI is InChI=1S/C21H25N3O4/c1-16-7-8-18(28-16)15-19(23-20(25)17-5-3-2-4-6-17)21(26)22-9-10-24-11-13-27-14-12-24/h2-8,15H,9-14H2,1H3,(H,22,26)(H,23,25)/p+1/b19-15-. The molecule has 0 radical (unpaired) electrons. The first kappa shape index (κ1) is 19.9. The Labute approximate surface area is 164 Å². The van der Waals surface area contributed by atoms with E-state index in [1.54, 1.807) is 36.4 Å². The van der Waals surface area contributed by atoms with E-state index in [0.29, 0.717) is 17.9 Å². The van der Waals surface area contributed by atoms with Gasteiger partial charge in [0, 0.05) is 11.6 Å². The number of morpholine rings is 1. The number of aryl methyl sites for hydroxylation is 1. The zero-order valence-corrected chi connectivity index (χ0v) is 16.0. The van der Waals surface area contributed by atoms with Crippen LogP contribution in [-0.2, 0) is 9.53 Å². The number of furan rings is 1. The summed E-state index contributed by atoms with van der Waals surface area (Å²) in [4.78, 5) is 26.6. The molecule has 0 unspecified atom stereocenters. The average Bonchev–Trinajstić information content (AvgIpc) is 3.13. The third kappa shape index (κ3) is 5.80. The van der Waals surface area contributed by atoms with Gasteiger partial charge in [0.05, 0.1) is 26.3 Å². The summed E-state index contributed by atoms with van der Waals surface area (Å²) in [5.74, 6) is 0.557. The van der Waals surface area contributed by atoms with Gasteiger partial charge < -0.3 is 24.7 Å². The summed E-state index contributed by atoms with van der Waals surface area (Å²) >= 11 is 0. The summed E-state index contributed by atoms with van der Waals surface area (Å²) < 4.78 is 10.9. The predicted molar refractivity (Wildman–Crippen MR) is 105 cm³/mol. The monoisotopic (exact) mass is 384 g/mol. The average molecular weight is 384 g/mol. The highest BCUT2D eigenvalue weighted by Crippen LogP contribution is 2.11. The molecule has 0 saturated carbocycles. The van der Waals surface area contributed by atoms with Gasteiger partial charge in [-0.15, -0.1) is 0 Å². The molecule has 0 aliphatic carbocycles. The van der Waals surface area contributed by atoms with Crippen molar-refractivity contribution in [2.45, 2.75) is 6.92 Å². The van der Waals surface area contributed by atoms with Crippen LogP contribution in [0.5, 0.6) is 0 Å². The fourth-order valence-corrected chi connectivity index (χ4v) is 2.97. The highest BCUT2D eigenvalue weighted by Gasteiger charge is 2.17. The van der Waals surface area contributed by atoms with Crippen molar-refractivity contribution in [2.75, 3.05) is 39.4 Å². The zero-order chi connectivity index (χ0) is 19.8. The summed E-state index contributed by atoms with van der Waals surface area (Å²) in [6.45, 7) is 6.53. The third-order valence-corrected chi connectivity index (χ3v) is 4.54. The number of hydrogen-bond donors (Lipinski definition) is 3. The molecule has 2 amide bonds. The van der Waals surface area contributed by atoms with Gasteiger partial charge in [-0.2, -0.15) is 0 Å². The normalized spacial score (nSPS) is 15.2. The van der Waals surface area contributed by atoms with Crippen LogP contribution >= 0.6 is 0 Å². The molecule has 7 nitrogen and oxygen atoms in total. The van der Waals surface area contributed by atoms with E-state index >= 15 is 0 Å². The van der Waals surface area contributed by atoms with Gasteiger partial charge in [0.25, 0.3) is 11.8 Å². The highest BCUT2D eigenvalue weighted by molar-refractivity contribution is 6.05. The van der Waals surface area contributed by atoms with E-state index in [4.69, 9.17) is 9.15 Å². The van der Waals surface area contributed by atoms with Crippen LogP contribution in [0.25, 0.3) is 6.08 Å². The Balaban J connectivity index is 1.65. The number of hydrogen-bond acceptors (Lipinski definition) is 4. The second kappa shape index (κ2) is 9.87. The minimum atomic E-state index is -0.343. The van der Waals surface area contributed by atoms with E-state index in [2.05, 4.69) is 10.6 Å². The molecule has 3 N–H and O–H groups in total. The molecule has 2 heterocycles. The summed E-state index contributed by atoms with van der Waals surface area (Å²) in [5.41, 5.74) is 0.634. The number of carbonyl (C=O) groups excluding carboxylic acids is 2. The minimum absolute atomic E-state index is 0.153. The number of nitrogens with one attached hydrogen (secondary N) is 3. The molecular formula is C21H26N3O4+. The van der Waals surface area contributed by atoms with E-state index in [-0.39, 0.29) is 17.5 Å². The van der Waals surface area contributed by atoms with Gasteiger partial charge in [0.15, 0.2) is 0 Å². The third-order valence-electron chi connectivity index (χ3n) is 4.54. The molecule has 28 heavy (non-hydrogen) atoms. The van der Waals surface area contributed by atoms with Crippen molar-refractivity contribution >= 4 is 17.9 Å². The summed E-state index contributed by atoms with van der Waals surface area (Å²) in [7, 11) is 0. The van der Waals surface area contributed by atoms with Gasteiger partial charge in [0.1, 0.15) is 30.3 Å². The lowest BCUT2D eigenvalue weighted by molar-refractivity contribution is -0.906. The van der Waals surface area contributed by atoms with E-state index in [9.17, 15) is 9.59 Å². The Morgan fingerprint density at radius 2 is 1.86 bits per heavy atom. The largest absolute Gasteiger partial charge is 0.462 e. The van der Waals surface area contributed by atoms with Gasteiger partial charge in [-0.3, -0.25) is 9.59 Å². The first-order valence-corrected chi connectivity index (χ1v) is 9.46. The summed E-state index contributed by atoms with van der Waals surface area (Å²) in [5, 5.41) is 5.59. The van der Waals surface area contributed by atoms with Crippen molar-refractivity contribution in [3.63, 3.8) is 0 Å². The van der Waals surface area contributed by atoms with E-state index in [1.807, 2.05) is 19.1 Å². The molecule has 0 atom stereocenters. The van der Waals surface area contributed by atoms with Crippen LogP contribution in [0.4, 0.5) is 0 Å². The smallest absolute Gasteiger partial charge is 0.268 e. The molecule has 7 heteroatoms. The van der Waals surface area contributed by atoms with Gasteiger partial charge in [-0.1, -0.05) is 18.2 Å². The van der Waals surface area contributed by atoms with Crippen LogP contribution in [0.15, 0.2) is 52.6 Å². The number of quaternary nitrogens is 1. The molecule has 2 aromatic rings. The lowest BCUT2D eigenvalue weighted by atomic mass is 10.2. The first-order valence-electron chi connectivity index (χ1n) is 9.46. The second-order valence-corrected chi connectivity index (χ2v) is 6.69. The van der Waals surface area contributed by atoms with Crippen LogP contribution in [0.2, 0.25) is 0 Å². The molecule has 1 aliphatic heterocycles. The maximum Gasteiger partial charge on any atom is 0.268 e. The van der Waals surface area contributed by atoms with Crippen molar-refractivity contribution < 1.29 is 23.6 Å². The fraction of sp³-hybridized carbons (Fsp3) is 0.333. The topological polar surface area (TPSA) is 85.0 Å². The Kier molecular flexibility index (Phi) is 7.00. The highest BCUT2D eigenvalue weighted by atomic mass is 16.5. The molecule has 1 saturated heterocycles. The molecule has 1 aromatic heterocycles. The fourth-order valence-electron chi connectivity index (χ4n) is 2.97. The molecule has 0 bridgehead atoms. The van der Waals surface area contributed by atoms with Crippen molar-refractivity contribution in [2.24, 2.45) is 0 Å². The van der Waals surface area contributed by atoms with Crippen molar-refractivity contribution in [1.82, 2.24) is 10.6 Å². The zero-order valence-electron chi connectivity index (χ0n) is 16.0.